The van der Waals surface area contributed by atoms with Gasteiger partial charge in [-0.25, -0.2) is 0 Å². The number of rotatable bonds is 0. The summed E-state index contributed by atoms with van der Waals surface area (Å²) in [6, 6.07) is 8.24. The Bertz CT molecular complexity index is 316. The number of fused-ring (bicyclic) bond motifs is 1. The van der Waals surface area contributed by atoms with E-state index in [2.05, 4.69) is 36.3 Å². The Morgan fingerprint density at radius 3 is 2.64 bits per heavy atom. The van der Waals surface area contributed by atoms with E-state index in [0.717, 1.165) is 12.4 Å². The highest BCUT2D eigenvalue weighted by molar-refractivity contribution is 5.95. The number of amidine groups is 1. The molecule has 0 saturated carbocycles. The lowest BCUT2D eigenvalue weighted by atomic mass is 10.1. The van der Waals surface area contributed by atoms with Crippen LogP contribution in [0.25, 0.3) is 0 Å². The van der Waals surface area contributed by atoms with Gasteiger partial charge in [0.25, 0.3) is 0 Å². The minimum Gasteiger partial charge on any atom is -0.344 e. The fourth-order valence-corrected chi connectivity index (χ4v) is 1.22. The van der Waals surface area contributed by atoms with E-state index in [1.807, 2.05) is 19.1 Å². The van der Waals surface area contributed by atoms with Crippen molar-refractivity contribution in [3.63, 3.8) is 0 Å². The van der Waals surface area contributed by atoms with Crippen LogP contribution in [0.3, 0.4) is 0 Å². The number of aliphatic imine (C=N–C) groups is 1. The average Bonchev–Trinajstić information content (AvgIpc) is 2.19. The first-order valence-electron chi connectivity index (χ1n) is 5.13. The molecular formula is C12H18N2. The molecule has 0 radical (unpaired) electrons. The van der Waals surface area contributed by atoms with Crippen molar-refractivity contribution in [2.45, 2.75) is 33.7 Å². The van der Waals surface area contributed by atoms with Crippen LogP contribution in [0.4, 0.5) is 5.69 Å². The summed E-state index contributed by atoms with van der Waals surface area (Å²) >= 11 is 0. The molecule has 0 fully saturated rings. The van der Waals surface area contributed by atoms with Crippen molar-refractivity contribution < 1.29 is 0 Å². The van der Waals surface area contributed by atoms with Crippen LogP contribution in [0, 0.1) is 0 Å². The lowest BCUT2D eigenvalue weighted by molar-refractivity contribution is 1.04. The number of hydrogen-bond donors (Lipinski definition) is 1. The van der Waals surface area contributed by atoms with Gasteiger partial charge < -0.3 is 5.32 Å². The Balaban J connectivity index is 0.000000293. The standard InChI is InChI=1S/C9H10N2.C3H8/c1-7-10-6-8-4-2-3-5-9(8)11-7;1-3-2/h2-5H,6H2,1H3,(H,10,11);3H2,1-2H3. The second-order valence-corrected chi connectivity index (χ2v) is 3.39. The summed E-state index contributed by atoms with van der Waals surface area (Å²) in [5.41, 5.74) is 2.47. The molecule has 2 nitrogen and oxygen atoms in total. The molecule has 1 N–H and O–H groups in total. The number of hydrogen-bond acceptors (Lipinski definition) is 2. The van der Waals surface area contributed by atoms with Crippen LogP contribution >= 0.6 is 0 Å². The molecule has 1 aliphatic heterocycles. The van der Waals surface area contributed by atoms with Crippen LogP contribution in [0.15, 0.2) is 29.3 Å². The average molecular weight is 190 g/mol. The largest absolute Gasteiger partial charge is 0.344 e. The SMILES string of the molecule is CC1=NCc2ccccc2N1.CCC. The van der Waals surface area contributed by atoms with E-state index < -0.39 is 0 Å². The second-order valence-electron chi connectivity index (χ2n) is 3.39. The molecule has 14 heavy (non-hydrogen) atoms. The van der Waals surface area contributed by atoms with Crippen LogP contribution in [-0.2, 0) is 6.54 Å². The van der Waals surface area contributed by atoms with E-state index in [1.54, 1.807) is 0 Å². The molecule has 1 heterocycles. The maximum atomic E-state index is 4.28. The first-order chi connectivity index (χ1) is 6.77. The predicted octanol–water partition coefficient (Wildman–Crippen LogP) is 3.45. The molecule has 0 saturated heterocycles. The van der Waals surface area contributed by atoms with E-state index in [0.29, 0.717) is 0 Å². The summed E-state index contributed by atoms with van der Waals surface area (Å²) in [5.74, 6) is 1.00. The molecule has 1 aromatic rings. The van der Waals surface area contributed by atoms with E-state index in [1.165, 1.54) is 17.7 Å². The number of para-hydroxylation sites is 1. The Hall–Kier alpha value is -1.31. The molecule has 0 bridgehead atoms. The van der Waals surface area contributed by atoms with Gasteiger partial charge in [-0.15, -0.1) is 0 Å². The summed E-state index contributed by atoms with van der Waals surface area (Å²) < 4.78 is 0. The van der Waals surface area contributed by atoms with Crippen molar-refractivity contribution in [1.29, 1.82) is 0 Å². The summed E-state index contributed by atoms with van der Waals surface area (Å²) in [6.07, 6.45) is 1.25. The quantitative estimate of drug-likeness (QED) is 0.665. The second kappa shape index (κ2) is 5.43. The molecule has 0 atom stereocenters. The van der Waals surface area contributed by atoms with Crippen molar-refractivity contribution in [3.8, 4) is 0 Å². The van der Waals surface area contributed by atoms with Gasteiger partial charge in [-0.05, 0) is 18.6 Å². The van der Waals surface area contributed by atoms with Gasteiger partial charge in [-0.1, -0.05) is 38.5 Å². The van der Waals surface area contributed by atoms with Crippen molar-refractivity contribution >= 4 is 11.5 Å². The van der Waals surface area contributed by atoms with Gasteiger partial charge in [-0.3, -0.25) is 4.99 Å². The molecule has 0 spiro atoms. The summed E-state index contributed by atoms with van der Waals surface area (Å²) in [5, 5.41) is 3.21. The normalized spacial score (nSPS) is 12.9. The lowest BCUT2D eigenvalue weighted by Crippen LogP contribution is -2.13. The number of anilines is 1. The van der Waals surface area contributed by atoms with Crippen LogP contribution < -0.4 is 5.32 Å². The van der Waals surface area contributed by atoms with Crippen LogP contribution in [-0.4, -0.2) is 5.84 Å². The van der Waals surface area contributed by atoms with E-state index in [9.17, 15) is 0 Å². The Morgan fingerprint density at radius 2 is 1.93 bits per heavy atom. The number of nitrogens with zero attached hydrogens (tertiary/aromatic N) is 1. The highest BCUT2D eigenvalue weighted by Crippen LogP contribution is 2.19. The fourth-order valence-electron chi connectivity index (χ4n) is 1.22. The first kappa shape index (κ1) is 10.8. The van der Waals surface area contributed by atoms with Gasteiger partial charge in [0.05, 0.1) is 12.4 Å². The maximum absolute atomic E-state index is 4.28. The van der Waals surface area contributed by atoms with Gasteiger partial charge in [0.1, 0.15) is 0 Å². The molecular weight excluding hydrogens is 172 g/mol. The third kappa shape index (κ3) is 2.87. The molecule has 2 heteroatoms. The molecule has 1 aromatic carbocycles. The molecule has 0 unspecified atom stereocenters. The maximum Gasteiger partial charge on any atom is 0.0979 e. The van der Waals surface area contributed by atoms with E-state index in [4.69, 9.17) is 0 Å². The van der Waals surface area contributed by atoms with Crippen molar-refractivity contribution in [2.75, 3.05) is 5.32 Å². The highest BCUT2D eigenvalue weighted by Gasteiger charge is 2.05. The molecule has 1 aliphatic rings. The topological polar surface area (TPSA) is 24.4 Å². The zero-order chi connectivity index (χ0) is 10.4. The smallest absolute Gasteiger partial charge is 0.0979 e. The summed E-state index contributed by atoms with van der Waals surface area (Å²) in [7, 11) is 0. The zero-order valence-electron chi connectivity index (χ0n) is 9.17. The minimum absolute atomic E-state index is 0.814. The Kier molecular flexibility index (Phi) is 4.17. The first-order valence-corrected chi connectivity index (χ1v) is 5.13. The minimum atomic E-state index is 0.814. The number of benzene rings is 1. The van der Waals surface area contributed by atoms with Gasteiger partial charge in [0.15, 0.2) is 0 Å². The Morgan fingerprint density at radius 1 is 1.29 bits per heavy atom. The van der Waals surface area contributed by atoms with Gasteiger partial charge in [-0.2, -0.15) is 0 Å². The van der Waals surface area contributed by atoms with Gasteiger partial charge >= 0.3 is 0 Å². The van der Waals surface area contributed by atoms with E-state index >= 15 is 0 Å². The monoisotopic (exact) mass is 190 g/mol. The number of nitrogens with one attached hydrogen (secondary N) is 1. The highest BCUT2D eigenvalue weighted by atomic mass is 15.0. The molecule has 0 amide bonds. The summed E-state index contributed by atoms with van der Waals surface area (Å²) in [6.45, 7) is 7.05. The van der Waals surface area contributed by atoms with Crippen LogP contribution in [0.5, 0.6) is 0 Å². The molecule has 76 valence electrons. The third-order valence-corrected chi connectivity index (χ3v) is 1.82. The van der Waals surface area contributed by atoms with Gasteiger partial charge in [0.2, 0.25) is 0 Å². The molecule has 0 aliphatic carbocycles. The van der Waals surface area contributed by atoms with Crippen molar-refractivity contribution in [1.82, 2.24) is 0 Å². The zero-order valence-corrected chi connectivity index (χ0v) is 9.17. The van der Waals surface area contributed by atoms with Crippen LogP contribution in [0.2, 0.25) is 0 Å². The van der Waals surface area contributed by atoms with Gasteiger partial charge in [0, 0.05) is 5.69 Å². The fraction of sp³-hybridized carbons (Fsp3) is 0.417. The summed E-state index contributed by atoms with van der Waals surface area (Å²) in [4.78, 5) is 4.28. The Labute approximate surface area is 86.1 Å². The van der Waals surface area contributed by atoms with Crippen LogP contribution in [0.1, 0.15) is 32.8 Å². The van der Waals surface area contributed by atoms with E-state index in [-0.39, 0.29) is 0 Å². The molecule has 2 rings (SSSR count). The van der Waals surface area contributed by atoms with Crippen molar-refractivity contribution in [2.24, 2.45) is 4.99 Å². The van der Waals surface area contributed by atoms with Crippen molar-refractivity contribution in [3.05, 3.63) is 29.8 Å². The third-order valence-electron chi connectivity index (χ3n) is 1.82. The lowest BCUT2D eigenvalue weighted by Gasteiger charge is -2.15. The predicted molar refractivity (Wildman–Crippen MR) is 62.8 cm³/mol. The molecule has 0 aromatic heterocycles.